The maximum atomic E-state index is 12.6. The van der Waals surface area contributed by atoms with Crippen molar-refractivity contribution in [2.75, 3.05) is 6.79 Å². The molecule has 1 heterocycles. The minimum atomic E-state index is -4.36. The Hall–Kier alpha value is -2.37. The summed E-state index contributed by atoms with van der Waals surface area (Å²) in [6.45, 7) is 1.90. The smallest absolute Gasteiger partial charge is 0.416 e. The Balaban J connectivity index is 1.92. The zero-order valence-electron chi connectivity index (χ0n) is 11.6. The van der Waals surface area contributed by atoms with Gasteiger partial charge >= 0.3 is 6.18 Å². The molecule has 0 fully saturated rings. The summed E-state index contributed by atoms with van der Waals surface area (Å²) in [5.41, 5.74) is 0.546. The topological polar surface area (TPSA) is 38.7 Å². The van der Waals surface area contributed by atoms with Crippen LogP contribution in [0.3, 0.4) is 0 Å². The third-order valence-electron chi connectivity index (χ3n) is 3.73. The van der Waals surface area contributed by atoms with Crippen molar-refractivity contribution >= 4 is 0 Å². The van der Waals surface area contributed by atoms with Gasteiger partial charge in [-0.15, -0.1) is 0 Å². The van der Waals surface area contributed by atoms with E-state index in [0.29, 0.717) is 22.6 Å². The van der Waals surface area contributed by atoms with E-state index in [0.717, 1.165) is 12.1 Å². The average Bonchev–Trinajstić information content (AvgIpc) is 2.92. The van der Waals surface area contributed by atoms with Gasteiger partial charge in [-0.05, 0) is 23.8 Å². The summed E-state index contributed by atoms with van der Waals surface area (Å²) in [6.07, 6.45) is -4.36. The first-order valence-corrected chi connectivity index (χ1v) is 6.66. The Morgan fingerprint density at radius 2 is 1.64 bits per heavy atom. The van der Waals surface area contributed by atoms with Crippen LogP contribution in [0, 0.1) is 0 Å². The molecule has 1 aliphatic heterocycles. The van der Waals surface area contributed by atoms with E-state index in [4.69, 9.17) is 9.47 Å². The SMILES string of the molecule is CC(c1ccc(C(F)(F)F)cc1)c1cc2c(cc1O)OCO2. The molecule has 1 unspecified atom stereocenters. The van der Waals surface area contributed by atoms with Crippen LogP contribution in [0.4, 0.5) is 13.2 Å². The lowest BCUT2D eigenvalue weighted by molar-refractivity contribution is -0.137. The van der Waals surface area contributed by atoms with E-state index in [9.17, 15) is 18.3 Å². The van der Waals surface area contributed by atoms with E-state index in [1.807, 2.05) is 0 Å². The summed E-state index contributed by atoms with van der Waals surface area (Å²) in [5, 5.41) is 10.1. The zero-order chi connectivity index (χ0) is 15.9. The van der Waals surface area contributed by atoms with Gasteiger partial charge in [-0.1, -0.05) is 19.1 Å². The van der Waals surface area contributed by atoms with Gasteiger partial charge in [-0.3, -0.25) is 0 Å². The zero-order valence-corrected chi connectivity index (χ0v) is 11.6. The quantitative estimate of drug-likeness (QED) is 0.899. The molecule has 0 aliphatic carbocycles. The molecule has 0 radical (unpaired) electrons. The van der Waals surface area contributed by atoms with Crippen LogP contribution in [0.1, 0.15) is 29.5 Å². The number of benzene rings is 2. The van der Waals surface area contributed by atoms with Crippen LogP contribution >= 0.6 is 0 Å². The highest BCUT2D eigenvalue weighted by Gasteiger charge is 2.30. The summed E-state index contributed by atoms with van der Waals surface area (Å²) in [4.78, 5) is 0. The first kappa shape index (κ1) is 14.6. The molecule has 2 aromatic carbocycles. The lowest BCUT2D eigenvalue weighted by Gasteiger charge is -2.16. The minimum absolute atomic E-state index is 0.0247. The molecule has 1 N–H and O–H groups in total. The van der Waals surface area contributed by atoms with Gasteiger partial charge in [0.05, 0.1) is 5.56 Å². The Labute approximate surface area is 124 Å². The molecule has 0 aromatic heterocycles. The summed E-state index contributed by atoms with van der Waals surface area (Å²) >= 11 is 0. The van der Waals surface area contributed by atoms with E-state index in [1.165, 1.54) is 18.2 Å². The van der Waals surface area contributed by atoms with Gasteiger partial charge in [0.15, 0.2) is 11.5 Å². The monoisotopic (exact) mass is 310 g/mol. The fraction of sp³-hybridized carbons (Fsp3) is 0.250. The number of rotatable bonds is 2. The van der Waals surface area contributed by atoms with Crippen LogP contribution in [0.25, 0.3) is 0 Å². The molecular weight excluding hydrogens is 297 g/mol. The summed E-state index contributed by atoms with van der Waals surface area (Å²) < 4.78 is 48.2. The molecule has 1 aliphatic rings. The van der Waals surface area contributed by atoms with E-state index >= 15 is 0 Å². The first-order valence-electron chi connectivity index (χ1n) is 6.66. The lowest BCUT2D eigenvalue weighted by Crippen LogP contribution is -2.05. The minimum Gasteiger partial charge on any atom is -0.508 e. The molecule has 0 saturated carbocycles. The number of phenols is 1. The van der Waals surface area contributed by atoms with Crippen LogP contribution < -0.4 is 9.47 Å². The van der Waals surface area contributed by atoms with Crippen molar-refractivity contribution in [3.8, 4) is 17.2 Å². The highest BCUT2D eigenvalue weighted by molar-refractivity contribution is 5.54. The van der Waals surface area contributed by atoms with Crippen molar-refractivity contribution in [3.63, 3.8) is 0 Å². The Kier molecular flexibility index (Phi) is 3.39. The number of alkyl halides is 3. The van der Waals surface area contributed by atoms with Gasteiger partial charge in [-0.25, -0.2) is 0 Å². The third-order valence-corrected chi connectivity index (χ3v) is 3.73. The lowest BCUT2D eigenvalue weighted by atomic mass is 9.91. The Morgan fingerprint density at radius 1 is 1.05 bits per heavy atom. The molecule has 0 spiro atoms. The number of hydrogen-bond donors (Lipinski definition) is 1. The van der Waals surface area contributed by atoms with Gasteiger partial charge in [0.25, 0.3) is 0 Å². The molecule has 6 heteroatoms. The van der Waals surface area contributed by atoms with Crippen LogP contribution in [-0.4, -0.2) is 11.9 Å². The summed E-state index contributed by atoms with van der Waals surface area (Å²) in [6, 6.07) is 8.01. The maximum Gasteiger partial charge on any atom is 0.416 e. The molecule has 2 aromatic rings. The maximum absolute atomic E-state index is 12.6. The number of hydrogen-bond acceptors (Lipinski definition) is 3. The van der Waals surface area contributed by atoms with Crippen molar-refractivity contribution in [2.45, 2.75) is 19.0 Å². The number of fused-ring (bicyclic) bond motifs is 1. The Morgan fingerprint density at radius 3 is 2.23 bits per heavy atom. The number of ether oxygens (including phenoxy) is 2. The largest absolute Gasteiger partial charge is 0.508 e. The average molecular weight is 310 g/mol. The molecular formula is C16H13F3O3. The number of phenolic OH excluding ortho intramolecular Hbond substituents is 1. The van der Waals surface area contributed by atoms with Crippen LogP contribution in [-0.2, 0) is 6.18 Å². The van der Waals surface area contributed by atoms with Crippen molar-refractivity contribution in [2.24, 2.45) is 0 Å². The fourth-order valence-corrected chi connectivity index (χ4v) is 2.43. The van der Waals surface area contributed by atoms with Crippen molar-refractivity contribution in [3.05, 3.63) is 53.1 Å². The van der Waals surface area contributed by atoms with Gasteiger partial charge in [-0.2, -0.15) is 13.2 Å². The molecule has 3 rings (SSSR count). The number of aromatic hydroxyl groups is 1. The van der Waals surface area contributed by atoms with E-state index < -0.39 is 11.7 Å². The van der Waals surface area contributed by atoms with Crippen molar-refractivity contribution < 1.29 is 27.8 Å². The van der Waals surface area contributed by atoms with E-state index in [-0.39, 0.29) is 18.5 Å². The van der Waals surface area contributed by atoms with Gasteiger partial charge in [0.1, 0.15) is 5.75 Å². The second-order valence-electron chi connectivity index (χ2n) is 5.11. The second kappa shape index (κ2) is 5.12. The van der Waals surface area contributed by atoms with Crippen molar-refractivity contribution in [1.29, 1.82) is 0 Å². The van der Waals surface area contributed by atoms with Crippen LogP contribution in [0.2, 0.25) is 0 Å². The standard InChI is InChI=1S/C16H13F3O3/c1-9(10-2-4-11(5-3-10)16(17,18)19)12-6-14-15(7-13(12)20)22-8-21-14/h2-7,9,20H,8H2,1H3. The van der Waals surface area contributed by atoms with Gasteiger partial charge in [0.2, 0.25) is 6.79 Å². The van der Waals surface area contributed by atoms with E-state index in [2.05, 4.69) is 0 Å². The molecule has 22 heavy (non-hydrogen) atoms. The summed E-state index contributed by atoms with van der Waals surface area (Å²) in [5.74, 6) is 0.723. The molecule has 3 nitrogen and oxygen atoms in total. The molecule has 116 valence electrons. The molecule has 0 amide bonds. The Bertz CT molecular complexity index is 693. The first-order chi connectivity index (χ1) is 10.4. The van der Waals surface area contributed by atoms with Crippen LogP contribution in [0.5, 0.6) is 17.2 Å². The predicted octanol–water partition coefficient (Wildman–Crippen LogP) is 4.29. The predicted molar refractivity (Wildman–Crippen MR) is 73.2 cm³/mol. The third kappa shape index (κ3) is 2.56. The fourth-order valence-electron chi connectivity index (χ4n) is 2.43. The highest BCUT2D eigenvalue weighted by atomic mass is 19.4. The normalized spacial score (nSPS) is 14.9. The van der Waals surface area contributed by atoms with Gasteiger partial charge < -0.3 is 14.6 Å². The highest BCUT2D eigenvalue weighted by Crippen LogP contribution is 2.42. The van der Waals surface area contributed by atoms with Crippen LogP contribution in [0.15, 0.2) is 36.4 Å². The van der Waals surface area contributed by atoms with E-state index in [1.54, 1.807) is 13.0 Å². The van der Waals surface area contributed by atoms with Crippen molar-refractivity contribution in [1.82, 2.24) is 0 Å². The second-order valence-corrected chi connectivity index (χ2v) is 5.11. The summed E-state index contributed by atoms with van der Waals surface area (Å²) in [7, 11) is 0. The van der Waals surface area contributed by atoms with Gasteiger partial charge in [0, 0.05) is 17.5 Å². The molecule has 0 saturated heterocycles. The number of halogens is 3. The molecule has 1 atom stereocenters. The molecule has 0 bridgehead atoms.